The highest BCUT2D eigenvalue weighted by Gasteiger charge is 2.01. The lowest BCUT2D eigenvalue weighted by Gasteiger charge is -2.06. The standard InChI is InChI=1S/C15H13Cl2N3O/c16-12-7-5-11(6-8-12)9-19-20-15(21)10-18-14-4-2-1-3-13(14)17/h1-9,18H,10H2,(H,20,21)/b19-9-. The van der Waals surface area contributed by atoms with Gasteiger partial charge in [-0.1, -0.05) is 47.5 Å². The van der Waals surface area contributed by atoms with Gasteiger partial charge in [-0.15, -0.1) is 0 Å². The molecule has 0 aliphatic heterocycles. The Kier molecular flexibility index (Phi) is 5.60. The highest BCUT2D eigenvalue weighted by Crippen LogP contribution is 2.19. The van der Waals surface area contributed by atoms with Crippen molar-refractivity contribution < 1.29 is 4.79 Å². The van der Waals surface area contributed by atoms with Gasteiger partial charge in [-0.2, -0.15) is 5.10 Å². The number of benzene rings is 2. The molecule has 0 aromatic heterocycles. The van der Waals surface area contributed by atoms with Crippen LogP contribution in [0, 0.1) is 0 Å². The fourth-order valence-electron chi connectivity index (χ4n) is 1.55. The van der Waals surface area contributed by atoms with Gasteiger partial charge in [0.25, 0.3) is 5.91 Å². The Hall–Kier alpha value is -2.04. The molecule has 0 bridgehead atoms. The smallest absolute Gasteiger partial charge is 0.259 e. The first-order chi connectivity index (χ1) is 10.1. The summed E-state index contributed by atoms with van der Waals surface area (Å²) in [6.07, 6.45) is 1.55. The van der Waals surface area contributed by atoms with Crippen molar-refractivity contribution in [1.82, 2.24) is 5.43 Å². The van der Waals surface area contributed by atoms with E-state index in [1.165, 1.54) is 0 Å². The monoisotopic (exact) mass is 321 g/mol. The molecule has 1 amide bonds. The maximum Gasteiger partial charge on any atom is 0.259 e. The molecular formula is C15H13Cl2N3O. The van der Waals surface area contributed by atoms with Crippen molar-refractivity contribution in [1.29, 1.82) is 0 Å². The summed E-state index contributed by atoms with van der Waals surface area (Å²) in [7, 11) is 0. The number of para-hydroxylation sites is 1. The lowest BCUT2D eigenvalue weighted by Crippen LogP contribution is -2.25. The quantitative estimate of drug-likeness (QED) is 0.653. The van der Waals surface area contributed by atoms with Crippen molar-refractivity contribution in [2.75, 3.05) is 11.9 Å². The Morgan fingerprint density at radius 1 is 1.10 bits per heavy atom. The maximum absolute atomic E-state index is 11.6. The van der Waals surface area contributed by atoms with Crippen LogP contribution in [0.15, 0.2) is 53.6 Å². The minimum Gasteiger partial charge on any atom is -0.375 e. The number of rotatable bonds is 5. The predicted octanol–water partition coefficient (Wildman–Crippen LogP) is 3.56. The molecular weight excluding hydrogens is 309 g/mol. The number of hydrogen-bond donors (Lipinski definition) is 2. The molecule has 2 rings (SSSR count). The average molecular weight is 322 g/mol. The van der Waals surface area contributed by atoms with Crippen LogP contribution in [0.4, 0.5) is 5.69 Å². The second-order valence-electron chi connectivity index (χ2n) is 4.18. The first-order valence-corrected chi connectivity index (χ1v) is 6.96. The summed E-state index contributed by atoms with van der Waals surface area (Å²) in [6.45, 7) is 0.0850. The van der Waals surface area contributed by atoms with Crippen molar-refractivity contribution in [3.63, 3.8) is 0 Å². The Morgan fingerprint density at radius 3 is 2.52 bits per heavy atom. The minimum absolute atomic E-state index is 0.0850. The van der Waals surface area contributed by atoms with Crippen LogP contribution in [-0.4, -0.2) is 18.7 Å². The average Bonchev–Trinajstić information content (AvgIpc) is 2.48. The molecule has 0 spiro atoms. The van der Waals surface area contributed by atoms with Crippen LogP contribution in [0.3, 0.4) is 0 Å². The lowest BCUT2D eigenvalue weighted by atomic mass is 10.2. The van der Waals surface area contributed by atoms with Crippen LogP contribution in [0.1, 0.15) is 5.56 Å². The van der Waals surface area contributed by atoms with Gasteiger partial charge >= 0.3 is 0 Å². The maximum atomic E-state index is 11.6. The Balaban J connectivity index is 1.80. The molecule has 4 nitrogen and oxygen atoms in total. The number of amides is 1. The number of anilines is 1. The van der Waals surface area contributed by atoms with E-state index in [-0.39, 0.29) is 12.5 Å². The van der Waals surface area contributed by atoms with E-state index >= 15 is 0 Å². The molecule has 21 heavy (non-hydrogen) atoms. The number of nitrogens with zero attached hydrogens (tertiary/aromatic N) is 1. The van der Waals surface area contributed by atoms with Crippen LogP contribution < -0.4 is 10.7 Å². The molecule has 6 heteroatoms. The van der Waals surface area contributed by atoms with E-state index in [1.807, 2.05) is 12.1 Å². The van der Waals surface area contributed by atoms with Gasteiger partial charge in [0.2, 0.25) is 0 Å². The molecule has 0 saturated heterocycles. The van der Waals surface area contributed by atoms with Crippen LogP contribution in [0.25, 0.3) is 0 Å². The van der Waals surface area contributed by atoms with E-state index in [9.17, 15) is 4.79 Å². The second kappa shape index (κ2) is 7.67. The number of nitrogens with one attached hydrogen (secondary N) is 2. The Morgan fingerprint density at radius 2 is 1.81 bits per heavy atom. The number of carbonyl (C=O) groups excluding carboxylic acids is 1. The largest absolute Gasteiger partial charge is 0.375 e. The number of halogens is 2. The van der Waals surface area contributed by atoms with E-state index in [4.69, 9.17) is 23.2 Å². The Labute approximate surface area is 132 Å². The molecule has 2 N–H and O–H groups in total. The Bertz CT molecular complexity index is 642. The van der Waals surface area contributed by atoms with Crippen LogP contribution in [0.2, 0.25) is 10.0 Å². The molecule has 2 aromatic rings. The van der Waals surface area contributed by atoms with E-state index < -0.39 is 0 Å². The third kappa shape index (κ3) is 5.10. The highest BCUT2D eigenvalue weighted by molar-refractivity contribution is 6.33. The van der Waals surface area contributed by atoms with Gasteiger partial charge in [-0.05, 0) is 29.8 Å². The van der Waals surface area contributed by atoms with E-state index in [0.29, 0.717) is 15.7 Å². The summed E-state index contributed by atoms with van der Waals surface area (Å²) in [5.41, 5.74) is 3.98. The number of hydrogen-bond acceptors (Lipinski definition) is 3. The van der Waals surface area contributed by atoms with Gasteiger partial charge in [0.15, 0.2) is 0 Å². The molecule has 0 fully saturated rings. The molecule has 108 valence electrons. The number of hydrazone groups is 1. The van der Waals surface area contributed by atoms with E-state index in [0.717, 1.165) is 5.56 Å². The molecule has 0 aliphatic carbocycles. The van der Waals surface area contributed by atoms with E-state index in [1.54, 1.807) is 42.6 Å². The summed E-state index contributed by atoms with van der Waals surface area (Å²) >= 11 is 11.7. The molecule has 0 radical (unpaired) electrons. The zero-order valence-electron chi connectivity index (χ0n) is 11.0. The summed E-state index contributed by atoms with van der Waals surface area (Å²) in [5, 5.41) is 8.02. The van der Waals surface area contributed by atoms with Gasteiger partial charge < -0.3 is 5.32 Å². The number of carbonyl (C=O) groups is 1. The topological polar surface area (TPSA) is 53.5 Å². The summed E-state index contributed by atoms with van der Waals surface area (Å²) in [6, 6.07) is 14.3. The van der Waals surface area contributed by atoms with Crippen LogP contribution in [0.5, 0.6) is 0 Å². The van der Waals surface area contributed by atoms with Crippen molar-refractivity contribution in [2.24, 2.45) is 5.10 Å². The highest BCUT2D eigenvalue weighted by atomic mass is 35.5. The fourth-order valence-corrected chi connectivity index (χ4v) is 1.88. The SMILES string of the molecule is O=C(CNc1ccccc1Cl)N/N=C\c1ccc(Cl)cc1. The van der Waals surface area contributed by atoms with Crippen LogP contribution >= 0.6 is 23.2 Å². The van der Waals surface area contributed by atoms with Gasteiger partial charge in [0.05, 0.1) is 23.5 Å². The fraction of sp³-hybridized carbons (Fsp3) is 0.0667. The van der Waals surface area contributed by atoms with E-state index in [2.05, 4.69) is 15.8 Å². The van der Waals surface area contributed by atoms with Crippen molar-refractivity contribution in [3.05, 3.63) is 64.1 Å². The second-order valence-corrected chi connectivity index (χ2v) is 5.02. The first kappa shape index (κ1) is 15.4. The first-order valence-electron chi connectivity index (χ1n) is 6.21. The molecule has 2 aromatic carbocycles. The summed E-state index contributed by atoms with van der Waals surface area (Å²) < 4.78 is 0. The lowest BCUT2D eigenvalue weighted by molar-refractivity contribution is -0.119. The third-order valence-corrected chi connectivity index (χ3v) is 3.17. The van der Waals surface area contributed by atoms with Gasteiger partial charge in [-0.3, -0.25) is 4.79 Å². The van der Waals surface area contributed by atoms with Gasteiger partial charge in [-0.25, -0.2) is 5.43 Å². The molecule has 0 heterocycles. The van der Waals surface area contributed by atoms with Gasteiger partial charge in [0, 0.05) is 5.02 Å². The zero-order valence-corrected chi connectivity index (χ0v) is 12.5. The molecule has 0 saturated carbocycles. The summed E-state index contributed by atoms with van der Waals surface area (Å²) in [4.78, 5) is 11.6. The minimum atomic E-state index is -0.264. The molecule has 0 unspecified atom stereocenters. The van der Waals surface area contributed by atoms with Crippen molar-refractivity contribution in [2.45, 2.75) is 0 Å². The van der Waals surface area contributed by atoms with Crippen molar-refractivity contribution in [3.8, 4) is 0 Å². The normalized spacial score (nSPS) is 10.6. The third-order valence-electron chi connectivity index (χ3n) is 2.59. The molecule has 0 atom stereocenters. The van der Waals surface area contributed by atoms with Crippen molar-refractivity contribution >= 4 is 41.0 Å². The predicted molar refractivity (Wildman–Crippen MR) is 87.1 cm³/mol. The zero-order chi connectivity index (χ0) is 15.1. The molecule has 0 aliphatic rings. The van der Waals surface area contributed by atoms with Crippen LogP contribution in [-0.2, 0) is 4.79 Å². The van der Waals surface area contributed by atoms with Gasteiger partial charge in [0.1, 0.15) is 0 Å². The summed E-state index contributed by atoms with van der Waals surface area (Å²) in [5.74, 6) is -0.264.